The lowest BCUT2D eigenvalue weighted by Gasteiger charge is -2.12. The summed E-state index contributed by atoms with van der Waals surface area (Å²) in [6.45, 7) is 3.81. The highest BCUT2D eigenvalue weighted by Crippen LogP contribution is 2.19. The van der Waals surface area contributed by atoms with Crippen molar-refractivity contribution in [1.29, 1.82) is 0 Å². The molecule has 10 heavy (non-hydrogen) atoms. The van der Waals surface area contributed by atoms with E-state index in [9.17, 15) is 0 Å². The molecule has 1 aliphatic heterocycles. The Labute approximate surface area is 62.4 Å². The fraction of sp³-hybridized carbons (Fsp3) is 1.00. The molecule has 1 rings (SSSR count). The summed E-state index contributed by atoms with van der Waals surface area (Å²) in [6, 6.07) is 0. The first-order chi connectivity index (χ1) is 4.77. The number of hydrogen-bond donors (Lipinski definition) is 2. The topological polar surface area (TPSA) is 55.3 Å². The van der Waals surface area contributed by atoms with Crippen molar-refractivity contribution in [2.45, 2.75) is 0 Å². The molecule has 4 N–H and O–H groups in total. The summed E-state index contributed by atoms with van der Waals surface area (Å²) in [6.07, 6.45) is 0. The third-order valence-corrected chi connectivity index (χ3v) is 2.36. The van der Waals surface area contributed by atoms with Gasteiger partial charge in [0.25, 0.3) is 0 Å². The molecule has 3 nitrogen and oxygen atoms in total. The summed E-state index contributed by atoms with van der Waals surface area (Å²) in [4.78, 5) is 2.30. The van der Waals surface area contributed by atoms with Gasteiger partial charge in [-0.05, 0) is 32.0 Å². The van der Waals surface area contributed by atoms with E-state index in [1.54, 1.807) is 0 Å². The highest BCUT2D eigenvalue weighted by atomic mass is 15.1. The quantitative estimate of drug-likeness (QED) is 0.526. The van der Waals surface area contributed by atoms with Crippen LogP contribution in [0.4, 0.5) is 0 Å². The molecule has 0 aromatic heterocycles. The maximum absolute atomic E-state index is 5.58. The molecule has 1 aliphatic rings. The SMILES string of the molecule is CN1C[C@@H](CN)[C@H](CN)C1. The Balaban J connectivity index is 2.41. The molecule has 2 atom stereocenters. The predicted molar refractivity (Wildman–Crippen MR) is 42.6 cm³/mol. The van der Waals surface area contributed by atoms with Crippen LogP contribution in [-0.2, 0) is 0 Å². The van der Waals surface area contributed by atoms with Crippen molar-refractivity contribution in [2.24, 2.45) is 23.3 Å². The van der Waals surface area contributed by atoms with Gasteiger partial charge in [0.1, 0.15) is 0 Å². The van der Waals surface area contributed by atoms with E-state index in [2.05, 4.69) is 11.9 Å². The zero-order valence-corrected chi connectivity index (χ0v) is 6.59. The molecule has 0 unspecified atom stereocenters. The van der Waals surface area contributed by atoms with Gasteiger partial charge in [-0.1, -0.05) is 0 Å². The summed E-state index contributed by atoms with van der Waals surface area (Å²) in [7, 11) is 2.12. The van der Waals surface area contributed by atoms with Gasteiger partial charge in [-0.3, -0.25) is 0 Å². The normalized spacial score (nSPS) is 35.1. The van der Waals surface area contributed by atoms with Crippen LogP contribution in [0.5, 0.6) is 0 Å². The maximum Gasteiger partial charge on any atom is 0.00224 e. The molecule has 0 aromatic rings. The zero-order chi connectivity index (χ0) is 7.56. The van der Waals surface area contributed by atoms with Crippen molar-refractivity contribution in [3.8, 4) is 0 Å². The van der Waals surface area contributed by atoms with E-state index in [-0.39, 0.29) is 0 Å². The van der Waals surface area contributed by atoms with E-state index >= 15 is 0 Å². The number of nitrogens with zero attached hydrogens (tertiary/aromatic N) is 1. The van der Waals surface area contributed by atoms with Gasteiger partial charge in [-0.2, -0.15) is 0 Å². The Bertz CT molecular complexity index is 93.0. The van der Waals surface area contributed by atoms with Crippen molar-refractivity contribution in [2.75, 3.05) is 33.2 Å². The molecule has 1 fully saturated rings. The van der Waals surface area contributed by atoms with Gasteiger partial charge >= 0.3 is 0 Å². The van der Waals surface area contributed by atoms with Crippen LogP contribution < -0.4 is 11.5 Å². The summed E-state index contributed by atoms with van der Waals surface area (Å²) >= 11 is 0. The van der Waals surface area contributed by atoms with Gasteiger partial charge in [0.05, 0.1) is 0 Å². The fourth-order valence-corrected chi connectivity index (χ4v) is 1.71. The van der Waals surface area contributed by atoms with Crippen LogP contribution in [0.25, 0.3) is 0 Å². The Morgan fingerprint density at radius 2 is 1.60 bits per heavy atom. The van der Waals surface area contributed by atoms with Crippen molar-refractivity contribution in [3.05, 3.63) is 0 Å². The maximum atomic E-state index is 5.58. The smallest absolute Gasteiger partial charge is 0.00224 e. The van der Waals surface area contributed by atoms with Gasteiger partial charge in [0, 0.05) is 13.1 Å². The highest BCUT2D eigenvalue weighted by molar-refractivity contribution is 4.82. The molecule has 0 aromatic carbocycles. The third kappa shape index (κ3) is 1.48. The second-order valence-corrected chi connectivity index (χ2v) is 3.21. The van der Waals surface area contributed by atoms with Gasteiger partial charge in [0.15, 0.2) is 0 Å². The van der Waals surface area contributed by atoms with Gasteiger partial charge < -0.3 is 16.4 Å². The zero-order valence-electron chi connectivity index (χ0n) is 6.59. The predicted octanol–water partition coefficient (Wildman–Crippen LogP) is -0.918. The summed E-state index contributed by atoms with van der Waals surface area (Å²) in [5.74, 6) is 1.27. The van der Waals surface area contributed by atoms with E-state index in [0.29, 0.717) is 11.8 Å². The lowest BCUT2D eigenvalue weighted by Crippen LogP contribution is -2.27. The van der Waals surface area contributed by atoms with Crippen LogP contribution in [0, 0.1) is 11.8 Å². The van der Waals surface area contributed by atoms with Crippen LogP contribution in [-0.4, -0.2) is 38.1 Å². The first kappa shape index (κ1) is 7.98. The fourth-order valence-electron chi connectivity index (χ4n) is 1.71. The van der Waals surface area contributed by atoms with E-state index in [1.807, 2.05) is 0 Å². The van der Waals surface area contributed by atoms with Gasteiger partial charge in [0.2, 0.25) is 0 Å². The Morgan fingerprint density at radius 3 is 1.90 bits per heavy atom. The molecule has 0 radical (unpaired) electrons. The van der Waals surface area contributed by atoms with E-state index in [1.165, 1.54) is 0 Å². The summed E-state index contributed by atoms with van der Waals surface area (Å²) in [5.41, 5.74) is 11.2. The number of likely N-dealkylation sites (tertiary alicyclic amines) is 1. The summed E-state index contributed by atoms with van der Waals surface area (Å²) < 4.78 is 0. The van der Waals surface area contributed by atoms with Crippen molar-refractivity contribution in [3.63, 3.8) is 0 Å². The molecule has 0 amide bonds. The average Bonchev–Trinajstić information content (AvgIpc) is 2.30. The van der Waals surface area contributed by atoms with E-state index in [0.717, 1.165) is 26.2 Å². The van der Waals surface area contributed by atoms with Gasteiger partial charge in [-0.25, -0.2) is 0 Å². The molecule has 1 heterocycles. The van der Waals surface area contributed by atoms with E-state index in [4.69, 9.17) is 11.5 Å². The minimum absolute atomic E-state index is 0.634. The Kier molecular flexibility index (Phi) is 2.65. The number of rotatable bonds is 2. The minimum Gasteiger partial charge on any atom is -0.330 e. The lowest BCUT2D eigenvalue weighted by atomic mass is 9.97. The molecule has 60 valence electrons. The van der Waals surface area contributed by atoms with Crippen LogP contribution >= 0.6 is 0 Å². The highest BCUT2D eigenvalue weighted by Gasteiger charge is 2.27. The first-order valence-corrected chi connectivity index (χ1v) is 3.86. The molecule has 1 saturated heterocycles. The number of nitrogens with two attached hydrogens (primary N) is 2. The largest absolute Gasteiger partial charge is 0.330 e. The standard InChI is InChI=1S/C7H17N3/c1-10-4-6(2-8)7(3-9)5-10/h6-7H,2-5,8-9H2,1H3/t6-,7-/m1/s1. The van der Waals surface area contributed by atoms with Crippen LogP contribution in [0.15, 0.2) is 0 Å². The van der Waals surface area contributed by atoms with E-state index < -0.39 is 0 Å². The molecular weight excluding hydrogens is 126 g/mol. The van der Waals surface area contributed by atoms with Crippen molar-refractivity contribution in [1.82, 2.24) is 4.90 Å². The molecule has 3 heteroatoms. The molecule has 0 aliphatic carbocycles. The van der Waals surface area contributed by atoms with Crippen molar-refractivity contribution >= 4 is 0 Å². The average molecular weight is 143 g/mol. The Morgan fingerprint density at radius 1 is 1.20 bits per heavy atom. The van der Waals surface area contributed by atoms with Crippen LogP contribution in [0.3, 0.4) is 0 Å². The van der Waals surface area contributed by atoms with Crippen LogP contribution in [0.2, 0.25) is 0 Å². The Hall–Kier alpha value is -0.120. The lowest BCUT2D eigenvalue weighted by molar-refractivity contribution is 0.395. The molecule has 0 saturated carbocycles. The second-order valence-electron chi connectivity index (χ2n) is 3.21. The van der Waals surface area contributed by atoms with Crippen molar-refractivity contribution < 1.29 is 0 Å². The summed E-state index contributed by atoms with van der Waals surface area (Å²) in [5, 5.41) is 0. The first-order valence-electron chi connectivity index (χ1n) is 3.86. The number of hydrogen-bond acceptors (Lipinski definition) is 3. The van der Waals surface area contributed by atoms with Gasteiger partial charge in [-0.15, -0.1) is 0 Å². The molecular formula is C7H17N3. The minimum atomic E-state index is 0.634. The second kappa shape index (κ2) is 3.32. The monoisotopic (exact) mass is 143 g/mol. The molecule has 0 spiro atoms. The third-order valence-electron chi connectivity index (χ3n) is 2.36. The van der Waals surface area contributed by atoms with Crippen LogP contribution in [0.1, 0.15) is 0 Å². The molecule has 0 bridgehead atoms.